The Morgan fingerprint density at radius 3 is 2.57 bits per heavy atom. The Kier molecular flexibility index (Phi) is 2.89. The van der Waals surface area contributed by atoms with Crippen LogP contribution in [0.2, 0.25) is 5.02 Å². The smallest absolute Gasteiger partial charge is 0.398 e. The van der Waals surface area contributed by atoms with Crippen molar-refractivity contribution in [2.24, 2.45) is 0 Å². The van der Waals surface area contributed by atoms with Gasteiger partial charge in [0.1, 0.15) is 0 Å². The second-order valence-electron chi connectivity index (χ2n) is 2.65. The first-order valence-corrected chi connectivity index (χ1v) is 5.26. The maximum absolute atomic E-state index is 10.4. The van der Waals surface area contributed by atoms with Crippen molar-refractivity contribution in [1.29, 1.82) is 0 Å². The van der Waals surface area contributed by atoms with E-state index in [9.17, 15) is 8.42 Å². The standard InChI is InChI=1S/C7H8ClNO4S/c1-4-2-5(8)7(3-6(4)9)13-14(10,11)12/h2-3H,9H2,1H3,(H,10,11,12). The average Bonchev–Trinajstić information content (AvgIpc) is 1.97. The van der Waals surface area contributed by atoms with E-state index in [-0.39, 0.29) is 10.8 Å². The maximum atomic E-state index is 10.4. The average molecular weight is 238 g/mol. The van der Waals surface area contributed by atoms with Crippen molar-refractivity contribution in [2.45, 2.75) is 6.92 Å². The Balaban J connectivity index is 3.17. The number of nitrogens with two attached hydrogens (primary N) is 1. The number of halogens is 1. The SMILES string of the molecule is Cc1cc(Cl)c(OS(=O)(=O)O)cc1N. The van der Waals surface area contributed by atoms with E-state index in [0.717, 1.165) is 0 Å². The zero-order valence-corrected chi connectivity index (χ0v) is 8.76. The van der Waals surface area contributed by atoms with E-state index in [4.69, 9.17) is 21.9 Å². The van der Waals surface area contributed by atoms with Crippen molar-refractivity contribution < 1.29 is 17.2 Å². The van der Waals surface area contributed by atoms with Crippen LogP contribution >= 0.6 is 11.6 Å². The summed E-state index contributed by atoms with van der Waals surface area (Å²) in [5, 5.41) is 0.0642. The monoisotopic (exact) mass is 237 g/mol. The molecule has 3 N–H and O–H groups in total. The molecule has 0 saturated heterocycles. The highest BCUT2D eigenvalue weighted by molar-refractivity contribution is 7.81. The Hall–Kier alpha value is -0.980. The summed E-state index contributed by atoms with van der Waals surface area (Å²) in [6.45, 7) is 1.71. The van der Waals surface area contributed by atoms with Crippen molar-refractivity contribution >= 4 is 27.7 Å². The molecule has 0 unspecified atom stereocenters. The molecule has 0 aliphatic rings. The van der Waals surface area contributed by atoms with Gasteiger partial charge in [0.25, 0.3) is 0 Å². The minimum Gasteiger partial charge on any atom is -0.398 e. The molecule has 0 amide bonds. The third kappa shape index (κ3) is 2.76. The highest BCUT2D eigenvalue weighted by atomic mass is 35.5. The summed E-state index contributed by atoms with van der Waals surface area (Å²) < 4.78 is 33.4. The number of anilines is 1. The fraction of sp³-hybridized carbons (Fsp3) is 0.143. The molecular weight excluding hydrogens is 230 g/mol. The van der Waals surface area contributed by atoms with Gasteiger partial charge in [-0.05, 0) is 18.6 Å². The van der Waals surface area contributed by atoms with Crippen LogP contribution in [0.25, 0.3) is 0 Å². The van der Waals surface area contributed by atoms with Crippen molar-refractivity contribution in [3.05, 3.63) is 22.7 Å². The molecule has 1 aromatic carbocycles. The Morgan fingerprint density at radius 2 is 2.07 bits per heavy atom. The molecule has 0 saturated carbocycles. The van der Waals surface area contributed by atoms with Crippen LogP contribution in [-0.4, -0.2) is 13.0 Å². The van der Waals surface area contributed by atoms with E-state index < -0.39 is 10.4 Å². The first kappa shape index (κ1) is 11.1. The molecule has 0 bridgehead atoms. The summed E-state index contributed by atoms with van der Waals surface area (Å²) in [4.78, 5) is 0. The van der Waals surface area contributed by atoms with Crippen LogP contribution in [0.3, 0.4) is 0 Å². The van der Waals surface area contributed by atoms with E-state index in [1.165, 1.54) is 12.1 Å². The first-order chi connectivity index (χ1) is 6.29. The molecular formula is C7H8ClNO4S. The number of benzene rings is 1. The molecule has 0 aromatic heterocycles. The summed E-state index contributed by atoms with van der Waals surface area (Å²) in [7, 11) is -4.57. The summed E-state index contributed by atoms with van der Waals surface area (Å²) in [5.41, 5.74) is 6.51. The molecule has 78 valence electrons. The van der Waals surface area contributed by atoms with Crippen molar-refractivity contribution in [3.63, 3.8) is 0 Å². The molecule has 14 heavy (non-hydrogen) atoms. The van der Waals surface area contributed by atoms with E-state index in [1.807, 2.05) is 0 Å². The lowest BCUT2D eigenvalue weighted by Gasteiger charge is -2.06. The second kappa shape index (κ2) is 3.64. The molecule has 0 radical (unpaired) electrons. The topological polar surface area (TPSA) is 89.6 Å². The summed E-state index contributed by atoms with van der Waals surface area (Å²) >= 11 is 5.65. The lowest BCUT2D eigenvalue weighted by molar-refractivity contribution is 0.387. The van der Waals surface area contributed by atoms with Crippen LogP contribution in [0.15, 0.2) is 12.1 Å². The number of nitrogen functional groups attached to an aromatic ring is 1. The van der Waals surface area contributed by atoms with Gasteiger partial charge in [0.05, 0.1) is 5.02 Å². The molecule has 0 spiro atoms. The highest BCUT2D eigenvalue weighted by Crippen LogP contribution is 2.30. The maximum Gasteiger partial charge on any atom is 0.446 e. The van der Waals surface area contributed by atoms with E-state index in [0.29, 0.717) is 11.3 Å². The van der Waals surface area contributed by atoms with Crippen molar-refractivity contribution in [2.75, 3.05) is 5.73 Å². The molecule has 0 aliphatic heterocycles. The number of hydrogen-bond acceptors (Lipinski definition) is 4. The minimum atomic E-state index is -4.57. The van der Waals surface area contributed by atoms with Crippen LogP contribution in [0.5, 0.6) is 5.75 Å². The van der Waals surface area contributed by atoms with Crippen molar-refractivity contribution in [1.82, 2.24) is 0 Å². The molecule has 0 heterocycles. The van der Waals surface area contributed by atoms with E-state index in [1.54, 1.807) is 6.92 Å². The molecule has 0 aliphatic carbocycles. The largest absolute Gasteiger partial charge is 0.446 e. The van der Waals surface area contributed by atoms with Gasteiger partial charge < -0.3 is 9.92 Å². The predicted molar refractivity (Wildman–Crippen MR) is 52.8 cm³/mol. The zero-order valence-electron chi connectivity index (χ0n) is 7.19. The van der Waals surface area contributed by atoms with Crippen LogP contribution in [0, 0.1) is 6.92 Å². The van der Waals surface area contributed by atoms with Crippen LogP contribution in [-0.2, 0) is 10.4 Å². The van der Waals surface area contributed by atoms with Gasteiger partial charge >= 0.3 is 10.4 Å². The van der Waals surface area contributed by atoms with Gasteiger partial charge in [0.2, 0.25) is 0 Å². The molecule has 7 heteroatoms. The quantitative estimate of drug-likeness (QED) is 0.600. The predicted octanol–water partition coefficient (Wildman–Crippen LogP) is 1.41. The van der Waals surface area contributed by atoms with Gasteiger partial charge in [-0.3, -0.25) is 4.55 Å². The van der Waals surface area contributed by atoms with Crippen LogP contribution < -0.4 is 9.92 Å². The van der Waals surface area contributed by atoms with Gasteiger partial charge in [0, 0.05) is 11.8 Å². The normalized spacial score (nSPS) is 11.4. The summed E-state index contributed by atoms with van der Waals surface area (Å²) in [6.07, 6.45) is 0. The van der Waals surface area contributed by atoms with Gasteiger partial charge in [-0.2, -0.15) is 8.42 Å². The van der Waals surface area contributed by atoms with Gasteiger partial charge in [0.15, 0.2) is 5.75 Å². The third-order valence-electron chi connectivity index (χ3n) is 1.52. The fourth-order valence-electron chi connectivity index (χ4n) is 0.846. The molecule has 1 rings (SSSR count). The van der Waals surface area contributed by atoms with Gasteiger partial charge in [-0.25, -0.2) is 0 Å². The minimum absolute atomic E-state index is 0.0642. The Labute approximate surface area is 86.4 Å². The number of aryl methyl sites for hydroxylation is 1. The van der Waals surface area contributed by atoms with E-state index in [2.05, 4.69) is 4.18 Å². The summed E-state index contributed by atoms with van der Waals surface area (Å²) in [5.74, 6) is -0.197. The third-order valence-corrected chi connectivity index (χ3v) is 2.20. The van der Waals surface area contributed by atoms with Crippen LogP contribution in [0.4, 0.5) is 5.69 Å². The first-order valence-electron chi connectivity index (χ1n) is 3.52. The fourth-order valence-corrected chi connectivity index (χ4v) is 1.51. The second-order valence-corrected chi connectivity index (χ2v) is 4.08. The van der Waals surface area contributed by atoms with Crippen molar-refractivity contribution in [3.8, 4) is 5.75 Å². The molecule has 1 aromatic rings. The summed E-state index contributed by atoms with van der Waals surface area (Å²) in [6, 6.07) is 2.67. The molecule has 5 nitrogen and oxygen atoms in total. The molecule has 0 atom stereocenters. The van der Waals surface area contributed by atoms with Gasteiger partial charge in [-0.1, -0.05) is 11.6 Å². The lowest BCUT2D eigenvalue weighted by Crippen LogP contribution is -2.07. The van der Waals surface area contributed by atoms with E-state index >= 15 is 0 Å². The number of rotatable bonds is 2. The molecule has 0 fully saturated rings. The van der Waals surface area contributed by atoms with Crippen LogP contribution in [0.1, 0.15) is 5.56 Å². The zero-order chi connectivity index (χ0) is 10.9. The lowest BCUT2D eigenvalue weighted by atomic mass is 10.2. The Morgan fingerprint density at radius 1 is 1.50 bits per heavy atom. The highest BCUT2D eigenvalue weighted by Gasteiger charge is 2.12. The Bertz CT molecular complexity index is 457. The number of hydrogen-bond donors (Lipinski definition) is 2. The van der Waals surface area contributed by atoms with Gasteiger partial charge in [-0.15, -0.1) is 0 Å².